The SMILES string of the molecule is CCCCOC(=O)c1ccc(N2C(=O)CC(N3CCN(c4ccc(C(C)=O)cc4)CC3)C2=O)cc1. The molecule has 1 atom stereocenters. The fraction of sp³-hybridized carbons (Fsp3) is 0.407. The van der Waals surface area contributed by atoms with E-state index in [2.05, 4.69) is 9.80 Å². The van der Waals surface area contributed by atoms with Crippen LogP contribution in [0, 0.1) is 0 Å². The van der Waals surface area contributed by atoms with Gasteiger partial charge >= 0.3 is 5.97 Å². The Bertz CT molecular complexity index is 1090. The number of carbonyl (C=O) groups is 4. The van der Waals surface area contributed by atoms with Gasteiger partial charge in [0.2, 0.25) is 5.91 Å². The van der Waals surface area contributed by atoms with Crippen LogP contribution in [0.2, 0.25) is 0 Å². The molecule has 2 amide bonds. The van der Waals surface area contributed by atoms with Gasteiger partial charge in [0.05, 0.1) is 30.3 Å². The third-order valence-corrected chi connectivity index (χ3v) is 6.61. The number of hydrogen-bond donors (Lipinski definition) is 0. The van der Waals surface area contributed by atoms with E-state index in [0.29, 0.717) is 36.5 Å². The Kier molecular flexibility index (Phi) is 7.60. The molecular formula is C27H31N3O5. The molecule has 0 aromatic heterocycles. The topological polar surface area (TPSA) is 87.2 Å². The van der Waals surface area contributed by atoms with E-state index in [-0.39, 0.29) is 24.0 Å². The lowest BCUT2D eigenvalue weighted by Crippen LogP contribution is -2.52. The number of rotatable bonds is 8. The number of nitrogens with zero attached hydrogens (tertiary/aromatic N) is 3. The van der Waals surface area contributed by atoms with Crippen molar-refractivity contribution in [3.8, 4) is 0 Å². The van der Waals surface area contributed by atoms with Gasteiger partial charge in [0.1, 0.15) is 0 Å². The van der Waals surface area contributed by atoms with Crippen molar-refractivity contribution in [2.45, 2.75) is 39.2 Å². The highest BCUT2D eigenvalue weighted by Gasteiger charge is 2.43. The zero-order valence-corrected chi connectivity index (χ0v) is 20.2. The van der Waals surface area contributed by atoms with Crippen LogP contribution in [0.5, 0.6) is 0 Å². The van der Waals surface area contributed by atoms with Gasteiger partial charge in [0.15, 0.2) is 5.78 Å². The largest absolute Gasteiger partial charge is 0.462 e. The fourth-order valence-corrected chi connectivity index (χ4v) is 4.51. The molecule has 2 aliphatic rings. The molecule has 0 saturated carbocycles. The Morgan fingerprint density at radius 2 is 1.49 bits per heavy atom. The van der Waals surface area contributed by atoms with Gasteiger partial charge in [-0.25, -0.2) is 9.69 Å². The molecule has 184 valence electrons. The van der Waals surface area contributed by atoms with Gasteiger partial charge in [-0.3, -0.25) is 19.3 Å². The Morgan fingerprint density at radius 1 is 0.886 bits per heavy atom. The maximum atomic E-state index is 13.2. The molecular weight excluding hydrogens is 446 g/mol. The van der Waals surface area contributed by atoms with Crippen molar-refractivity contribution in [3.05, 3.63) is 59.7 Å². The highest BCUT2D eigenvalue weighted by atomic mass is 16.5. The van der Waals surface area contributed by atoms with Gasteiger partial charge in [-0.05, 0) is 61.9 Å². The molecule has 2 aromatic rings. The van der Waals surface area contributed by atoms with E-state index < -0.39 is 12.0 Å². The highest BCUT2D eigenvalue weighted by Crippen LogP contribution is 2.27. The molecule has 0 spiro atoms. The highest BCUT2D eigenvalue weighted by molar-refractivity contribution is 6.22. The van der Waals surface area contributed by atoms with Crippen molar-refractivity contribution in [2.24, 2.45) is 0 Å². The summed E-state index contributed by atoms with van der Waals surface area (Å²) in [6.07, 6.45) is 1.89. The summed E-state index contributed by atoms with van der Waals surface area (Å²) in [7, 11) is 0. The van der Waals surface area contributed by atoms with E-state index in [1.165, 1.54) is 4.90 Å². The summed E-state index contributed by atoms with van der Waals surface area (Å²) in [5.41, 5.74) is 2.59. The molecule has 4 rings (SSSR count). The molecule has 0 N–H and O–H groups in total. The molecule has 8 heteroatoms. The predicted molar refractivity (Wildman–Crippen MR) is 133 cm³/mol. The van der Waals surface area contributed by atoms with Crippen LogP contribution in [-0.4, -0.2) is 67.3 Å². The summed E-state index contributed by atoms with van der Waals surface area (Å²) in [5.74, 6) is -0.833. The molecule has 0 aliphatic carbocycles. The Balaban J connectivity index is 1.36. The Morgan fingerprint density at radius 3 is 2.09 bits per heavy atom. The first kappa shape index (κ1) is 24.6. The van der Waals surface area contributed by atoms with Crippen LogP contribution in [-0.2, 0) is 14.3 Å². The second-order valence-corrected chi connectivity index (χ2v) is 8.95. The van der Waals surface area contributed by atoms with Gasteiger partial charge in [0.25, 0.3) is 5.91 Å². The van der Waals surface area contributed by atoms with Crippen molar-refractivity contribution in [2.75, 3.05) is 42.6 Å². The maximum Gasteiger partial charge on any atom is 0.338 e. The number of ketones is 1. The number of esters is 1. The van der Waals surface area contributed by atoms with E-state index in [4.69, 9.17) is 4.74 Å². The average molecular weight is 478 g/mol. The monoisotopic (exact) mass is 477 g/mol. The van der Waals surface area contributed by atoms with Crippen LogP contribution in [0.15, 0.2) is 48.5 Å². The summed E-state index contributed by atoms with van der Waals surface area (Å²) in [4.78, 5) is 55.1. The minimum Gasteiger partial charge on any atom is -0.462 e. The Labute approximate surface area is 205 Å². The quantitative estimate of drug-likeness (QED) is 0.250. The molecule has 2 aliphatic heterocycles. The number of benzene rings is 2. The second kappa shape index (κ2) is 10.8. The lowest BCUT2D eigenvalue weighted by Gasteiger charge is -2.38. The maximum absolute atomic E-state index is 13.2. The Hall–Kier alpha value is -3.52. The smallest absolute Gasteiger partial charge is 0.338 e. The zero-order valence-electron chi connectivity index (χ0n) is 20.2. The number of hydrogen-bond acceptors (Lipinski definition) is 7. The summed E-state index contributed by atoms with van der Waals surface area (Å²) in [5, 5.41) is 0. The first-order valence-corrected chi connectivity index (χ1v) is 12.1. The van der Waals surface area contributed by atoms with Crippen LogP contribution >= 0.6 is 0 Å². The number of amides is 2. The first-order chi connectivity index (χ1) is 16.9. The third-order valence-electron chi connectivity index (χ3n) is 6.61. The van der Waals surface area contributed by atoms with Gasteiger partial charge in [0, 0.05) is 37.4 Å². The zero-order chi connectivity index (χ0) is 24.9. The van der Waals surface area contributed by atoms with Gasteiger partial charge < -0.3 is 9.64 Å². The third kappa shape index (κ3) is 5.43. The van der Waals surface area contributed by atoms with Crippen molar-refractivity contribution >= 4 is 34.9 Å². The van der Waals surface area contributed by atoms with Gasteiger partial charge in [-0.1, -0.05) is 13.3 Å². The summed E-state index contributed by atoms with van der Waals surface area (Å²) in [6, 6.07) is 13.5. The van der Waals surface area contributed by atoms with Crippen LogP contribution in [0.3, 0.4) is 0 Å². The minimum absolute atomic E-state index is 0.0388. The second-order valence-electron chi connectivity index (χ2n) is 8.95. The molecule has 0 radical (unpaired) electrons. The van der Waals surface area contributed by atoms with Crippen molar-refractivity contribution in [3.63, 3.8) is 0 Å². The minimum atomic E-state index is -0.483. The molecule has 2 fully saturated rings. The number of unbranched alkanes of at least 4 members (excludes halogenated alkanes) is 1. The van der Waals surface area contributed by atoms with Crippen molar-refractivity contribution in [1.29, 1.82) is 0 Å². The van der Waals surface area contributed by atoms with Crippen LogP contribution < -0.4 is 9.80 Å². The molecule has 2 heterocycles. The number of imide groups is 1. The molecule has 35 heavy (non-hydrogen) atoms. The summed E-state index contributed by atoms with van der Waals surface area (Å²) >= 11 is 0. The summed E-state index contributed by atoms with van der Waals surface area (Å²) in [6.45, 7) is 6.73. The van der Waals surface area contributed by atoms with E-state index in [1.807, 2.05) is 31.2 Å². The number of Topliss-reactive ketones (excluding diaryl/α,β-unsaturated/α-hetero) is 1. The van der Waals surface area contributed by atoms with Crippen LogP contribution in [0.1, 0.15) is 53.8 Å². The molecule has 2 aromatic carbocycles. The van der Waals surface area contributed by atoms with Crippen molar-refractivity contribution < 1.29 is 23.9 Å². The van der Waals surface area contributed by atoms with E-state index in [9.17, 15) is 19.2 Å². The fourth-order valence-electron chi connectivity index (χ4n) is 4.51. The number of piperazine rings is 1. The van der Waals surface area contributed by atoms with Crippen molar-refractivity contribution in [1.82, 2.24) is 4.90 Å². The number of carbonyl (C=O) groups excluding carboxylic acids is 4. The lowest BCUT2D eigenvalue weighted by atomic mass is 10.1. The number of anilines is 2. The van der Waals surface area contributed by atoms with E-state index in [1.54, 1.807) is 31.2 Å². The van der Waals surface area contributed by atoms with E-state index in [0.717, 1.165) is 31.6 Å². The predicted octanol–water partition coefficient (Wildman–Crippen LogP) is 3.30. The summed E-state index contributed by atoms with van der Waals surface area (Å²) < 4.78 is 5.22. The molecule has 2 saturated heterocycles. The number of ether oxygens (including phenoxy) is 1. The molecule has 0 bridgehead atoms. The normalized spacial score (nSPS) is 18.7. The van der Waals surface area contributed by atoms with Crippen LogP contribution in [0.4, 0.5) is 11.4 Å². The van der Waals surface area contributed by atoms with Crippen LogP contribution in [0.25, 0.3) is 0 Å². The lowest BCUT2D eigenvalue weighted by molar-refractivity contribution is -0.123. The molecule has 8 nitrogen and oxygen atoms in total. The molecule has 1 unspecified atom stereocenters. The van der Waals surface area contributed by atoms with Gasteiger partial charge in [-0.2, -0.15) is 0 Å². The standard InChI is InChI=1S/C27H31N3O5/c1-3-4-17-35-27(34)21-7-11-23(12-8-21)30-25(32)18-24(26(30)33)29-15-13-28(14-16-29)22-9-5-20(6-10-22)19(2)31/h5-12,24H,3-4,13-18H2,1-2H3. The first-order valence-electron chi connectivity index (χ1n) is 12.1. The van der Waals surface area contributed by atoms with Gasteiger partial charge in [-0.15, -0.1) is 0 Å². The van der Waals surface area contributed by atoms with E-state index >= 15 is 0 Å². The average Bonchev–Trinajstić information content (AvgIpc) is 3.18.